The molecule has 0 heterocycles. The van der Waals surface area contributed by atoms with Crippen LogP contribution >= 0.6 is 0 Å². The third kappa shape index (κ3) is 3.18. The number of carbonyl (C=O) groups excluding carboxylic acids is 2. The van der Waals surface area contributed by atoms with E-state index in [0.717, 1.165) is 49.9 Å². The van der Waals surface area contributed by atoms with E-state index in [1.807, 2.05) is 24.3 Å². The van der Waals surface area contributed by atoms with E-state index in [1.165, 1.54) is 0 Å². The molecule has 0 radical (unpaired) electrons. The Morgan fingerprint density at radius 1 is 0.750 bits per heavy atom. The number of anilines is 2. The van der Waals surface area contributed by atoms with Crippen LogP contribution in [0, 0.1) is 11.8 Å². The van der Waals surface area contributed by atoms with Crippen LogP contribution in [0.3, 0.4) is 0 Å². The second-order valence-electron chi connectivity index (χ2n) is 5.81. The molecule has 0 bridgehead atoms. The monoisotopic (exact) mass is 272 g/mol. The SMILES string of the molecule is O=C(Nc1ccc(NC(=O)C2CC2)cc1)C1CCCC1. The molecule has 0 atom stereocenters. The summed E-state index contributed by atoms with van der Waals surface area (Å²) in [6.07, 6.45) is 6.32. The Morgan fingerprint density at radius 2 is 1.15 bits per heavy atom. The van der Waals surface area contributed by atoms with E-state index in [1.54, 1.807) is 0 Å². The van der Waals surface area contributed by atoms with Gasteiger partial charge in [-0.3, -0.25) is 9.59 Å². The Hall–Kier alpha value is -1.84. The molecule has 2 fully saturated rings. The van der Waals surface area contributed by atoms with Crippen molar-refractivity contribution < 1.29 is 9.59 Å². The molecular weight excluding hydrogens is 252 g/mol. The van der Waals surface area contributed by atoms with Crippen molar-refractivity contribution in [3.63, 3.8) is 0 Å². The van der Waals surface area contributed by atoms with E-state index in [-0.39, 0.29) is 23.7 Å². The van der Waals surface area contributed by atoms with Crippen LogP contribution in [-0.2, 0) is 9.59 Å². The zero-order valence-electron chi connectivity index (χ0n) is 11.5. The van der Waals surface area contributed by atoms with Gasteiger partial charge >= 0.3 is 0 Å². The molecule has 1 aromatic carbocycles. The highest BCUT2D eigenvalue weighted by Crippen LogP contribution is 2.30. The van der Waals surface area contributed by atoms with E-state index >= 15 is 0 Å². The van der Waals surface area contributed by atoms with Crippen LogP contribution in [0.2, 0.25) is 0 Å². The minimum atomic E-state index is 0.104. The van der Waals surface area contributed by atoms with E-state index in [4.69, 9.17) is 0 Å². The van der Waals surface area contributed by atoms with E-state index < -0.39 is 0 Å². The highest BCUT2D eigenvalue weighted by atomic mass is 16.2. The van der Waals surface area contributed by atoms with Crippen molar-refractivity contribution in [2.75, 3.05) is 10.6 Å². The fourth-order valence-electron chi connectivity index (χ4n) is 2.66. The van der Waals surface area contributed by atoms with Gasteiger partial charge in [-0.15, -0.1) is 0 Å². The van der Waals surface area contributed by atoms with Crippen molar-refractivity contribution >= 4 is 23.2 Å². The lowest BCUT2D eigenvalue weighted by molar-refractivity contribution is -0.119. The smallest absolute Gasteiger partial charge is 0.227 e. The van der Waals surface area contributed by atoms with Gasteiger partial charge in [0.05, 0.1) is 0 Å². The maximum atomic E-state index is 12.0. The normalized spacial score (nSPS) is 18.8. The first-order valence-corrected chi connectivity index (χ1v) is 7.44. The Bertz CT molecular complexity index is 500. The molecule has 2 saturated carbocycles. The molecule has 0 spiro atoms. The summed E-state index contributed by atoms with van der Waals surface area (Å²) >= 11 is 0. The molecule has 20 heavy (non-hydrogen) atoms. The molecule has 0 unspecified atom stereocenters. The standard InChI is InChI=1S/C16H20N2O2/c19-15(11-3-1-2-4-11)17-13-7-9-14(10-8-13)18-16(20)12-5-6-12/h7-12H,1-6H2,(H,17,19)(H,18,20). The van der Waals surface area contributed by atoms with Gasteiger partial charge in [0.1, 0.15) is 0 Å². The zero-order chi connectivity index (χ0) is 13.9. The molecule has 0 aliphatic heterocycles. The van der Waals surface area contributed by atoms with Crippen LogP contribution in [-0.4, -0.2) is 11.8 Å². The van der Waals surface area contributed by atoms with Gasteiger partial charge in [-0.25, -0.2) is 0 Å². The first-order valence-electron chi connectivity index (χ1n) is 7.44. The number of amides is 2. The number of carbonyl (C=O) groups is 2. The van der Waals surface area contributed by atoms with Crippen molar-refractivity contribution in [3.8, 4) is 0 Å². The Kier molecular flexibility index (Phi) is 3.72. The molecule has 3 rings (SSSR count). The number of nitrogens with one attached hydrogen (secondary N) is 2. The van der Waals surface area contributed by atoms with Gasteiger partial charge in [0, 0.05) is 23.2 Å². The summed E-state index contributed by atoms with van der Waals surface area (Å²) in [6, 6.07) is 7.36. The van der Waals surface area contributed by atoms with E-state index in [9.17, 15) is 9.59 Å². The number of benzene rings is 1. The summed E-state index contributed by atoms with van der Waals surface area (Å²) < 4.78 is 0. The maximum Gasteiger partial charge on any atom is 0.227 e. The van der Waals surface area contributed by atoms with Crippen molar-refractivity contribution in [2.45, 2.75) is 38.5 Å². The summed E-state index contributed by atoms with van der Waals surface area (Å²) in [7, 11) is 0. The largest absolute Gasteiger partial charge is 0.326 e. The van der Waals surface area contributed by atoms with Crippen molar-refractivity contribution in [1.82, 2.24) is 0 Å². The summed E-state index contributed by atoms with van der Waals surface area (Å²) in [5, 5.41) is 5.84. The number of hydrogen-bond acceptors (Lipinski definition) is 2. The summed E-state index contributed by atoms with van der Waals surface area (Å²) in [6.45, 7) is 0. The third-order valence-corrected chi connectivity index (χ3v) is 4.09. The van der Waals surface area contributed by atoms with Crippen molar-refractivity contribution in [3.05, 3.63) is 24.3 Å². The Balaban J connectivity index is 1.55. The molecule has 2 N–H and O–H groups in total. The van der Waals surface area contributed by atoms with Crippen LogP contribution in [0.1, 0.15) is 38.5 Å². The van der Waals surface area contributed by atoms with Crippen LogP contribution in [0.5, 0.6) is 0 Å². The molecular formula is C16H20N2O2. The Morgan fingerprint density at radius 3 is 1.55 bits per heavy atom. The predicted octanol–water partition coefficient (Wildman–Crippen LogP) is 3.16. The molecule has 4 nitrogen and oxygen atoms in total. The van der Waals surface area contributed by atoms with E-state index in [0.29, 0.717) is 0 Å². The lowest BCUT2D eigenvalue weighted by Crippen LogP contribution is -2.20. The average Bonchev–Trinajstić information content (AvgIpc) is 3.16. The summed E-state index contributed by atoms with van der Waals surface area (Å²) in [5.74, 6) is 0.603. The molecule has 2 amide bonds. The maximum absolute atomic E-state index is 12.0. The molecule has 1 aromatic rings. The quantitative estimate of drug-likeness (QED) is 0.884. The zero-order valence-corrected chi connectivity index (χ0v) is 11.5. The molecule has 2 aliphatic carbocycles. The number of rotatable bonds is 4. The van der Waals surface area contributed by atoms with Gasteiger partial charge in [0.25, 0.3) is 0 Å². The van der Waals surface area contributed by atoms with Gasteiger partial charge < -0.3 is 10.6 Å². The third-order valence-electron chi connectivity index (χ3n) is 4.09. The second kappa shape index (κ2) is 5.65. The van der Waals surface area contributed by atoms with Gasteiger partial charge in [-0.1, -0.05) is 12.8 Å². The van der Waals surface area contributed by atoms with Gasteiger partial charge in [0.2, 0.25) is 11.8 Å². The second-order valence-corrected chi connectivity index (χ2v) is 5.81. The van der Waals surface area contributed by atoms with Crippen molar-refractivity contribution in [1.29, 1.82) is 0 Å². The minimum absolute atomic E-state index is 0.104. The first kappa shape index (κ1) is 13.2. The summed E-state index contributed by atoms with van der Waals surface area (Å²) in [5.41, 5.74) is 1.59. The molecule has 4 heteroatoms. The fraction of sp³-hybridized carbons (Fsp3) is 0.500. The van der Waals surface area contributed by atoms with Crippen LogP contribution < -0.4 is 10.6 Å². The van der Waals surface area contributed by atoms with E-state index in [2.05, 4.69) is 10.6 Å². The minimum Gasteiger partial charge on any atom is -0.326 e. The van der Waals surface area contributed by atoms with Crippen LogP contribution in [0.25, 0.3) is 0 Å². The highest BCUT2D eigenvalue weighted by Gasteiger charge is 2.29. The lowest BCUT2D eigenvalue weighted by Gasteiger charge is -2.11. The van der Waals surface area contributed by atoms with Gasteiger partial charge in [-0.2, -0.15) is 0 Å². The molecule has 106 valence electrons. The molecule has 2 aliphatic rings. The van der Waals surface area contributed by atoms with Crippen LogP contribution in [0.15, 0.2) is 24.3 Å². The fourth-order valence-corrected chi connectivity index (χ4v) is 2.66. The molecule has 0 saturated heterocycles. The Labute approximate surface area is 118 Å². The predicted molar refractivity (Wildman–Crippen MR) is 78.4 cm³/mol. The topological polar surface area (TPSA) is 58.2 Å². The average molecular weight is 272 g/mol. The number of hydrogen-bond donors (Lipinski definition) is 2. The lowest BCUT2D eigenvalue weighted by atomic mass is 10.1. The van der Waals surface area contributed by atoms with Gasteiger partial charge in [-0.05, 0) is 49.9 Å². The highest BCUT2D eigenvalue weighted by molar-refractivity contribution is 5.95. The van der Waals surface area contributed by atoms with Crippen LogP contribution in [0.4, 0.5) is 11.4 Å². The van der Waals surface area contributed by atoms with Crippen molar-refractivity contribution in [2.24, 2.45) is 11.8 Å². The first-order chi connectivity index (χ1) is 9.72. The molecule has 0 aromatic heterocycles. The summed E-state index contributed by atoms with van der Waals surface area (Å²) in [4.78, 5) is 23.6. The van der Waals surface area contributed by atoms with Gasteiger partial charge in [0.15, 0.2) is 0 Å².